The van der Waals surface area contributed by atoms with Crippen LogP contribution in [0.5, 0.6) is 11.5 Å². The van der Waals surface area contributed by atoms with E-state index < -0.39 is 0 Å². The van der Waals surface area contributed by atoms with Crippen LogP contribution >= 0.6 is 0 Å². The summed E-state index contributed by atoms with van der Waals surface area (Å²) in [6.07, 6.45) is 0.797. The second kappa shape index (κ2) is 8.96. The lowest BCUT2D eigenvalue weighted by atomic mass is 10.1. The van der Waals surface area contributed by atoms with Crippen molar-refractivity contribution in [2.75, 3.05) is 31.1 Å². The molecule has 2 aromatic heterocycles. The van der Waals surface area contributed by atoms with Crippen LogP contribution in [0.4, 0.5) is 5.82 Å². The van der Waals surface area contributed by atoms with Gasteiger partial charge in [-0.15, -0.1) is 0 Å². The molecule has 1 saturated heterocycles. The van der Waals surface area contributed by atoms with E-state index in [2.05, 4.69) is 29.2 Å². The van der Waals surface area contributed by atoms with E-state index in [9.17, 15) is 0 Å². The van der Waals surface area contributed by atoms with Gasteiger partial charge in [0.15, 0.2) is 0 Å². The van der Waals surface area contributed by atoms with Gasteiger partial charge in [0.1, 0.15) is 34.2 Å². The van der Waals surface area contributed by atoms with Gasteiger partial charge < -0.3 is 19.5 Å². The molecule has 164 valence electrons. The fraction of sp³-hybridized carbons (Fsp3) is 0.320. The minimum Gasteiger partial charge on any atom is -0.457 e. The van der Waals surface area contributed by atoms with E-state index in [1.54, 1.807) is 0 Å². The summed E-state index contributed by atoms with van der Waals surface area (Å²) < 4.78 is 11.8. The van der Waals surface area contributed by atoms with E-state index in [1.165, 1.54) is 0 Å². The van der Waals surface area contributed by atoms with E-state index in [0.29, 0.717) is 11.6 Å². The summed E-state index contributed by atoms with van der Waals surface area (Å²) in [4.78, 5) is 12.0. The topological polar surface area (TPSA) is 76.3 Å². The zero-order valence-electron chi connectivity index (χ0n) is 18.4. The van der Waals surface area contributed by atoms with Crippen LogP contribution in [0.15, 0.2) is 59.1 Å². The molecular weight excluding hydrogens is 402 g/mol. The van der Waals surface area contributed by atoms with Crippen LogP contribution in [0.1, 0.15) is 19.7 Å². The van der Waals surface area contributed by atoms with Crippen LogP contribution in [-0.2, 0) is 6.42 Å². The Morgan fingerprint density at radius 3 is 2.56 bits per heavy atom. The Hall–Kier alpha value is -3.45. The number of anilines is 1. The number of piperazine rings is 1. The third kappa shape index (κ3) is 4.29. The molecule has 2 aromatic carbocycles. The number of hydrogen-bond donors (Lipinski definition) is 1. The highest BCUT2D eigenvalue weighted by Crippen LogP contribution is 2.36. The van der Waals surface area contributed by atoms with Crippen molar-refractivity contribution >= 4 is 16.9 Å². The largest absolute Gasteiger partial charge is 0.457 e. The van der Waals surface area contributed by atoms with Crippen molar-refractivity contribution in [2.45, 2.75) is 20.3 Å². The minimum atomic E-state index is 0.456. The summed E-state index contributed by atoms with van der Waals surface area (Å²) in [6.45, 7) is 7.95. The van der Waals surface area contributed by atoms with E-state index in [4.69, 9.17) is 19.2 Å². The molecule has 0 atom stereocenters. The fourth-order valence-electron chi connectivity index (χ4n) is 3.97. The van der Waals surface area contributed by atoms with Gasteiger partial charge in [-0.05, 0) is 30.2 Å². The van der Waals surface area contributed by atoms with Gasteiger partial charge in [-0.1, -0.05) is 49.3 Å². The number of ether oxygens (including phenoxy) is 1. The lowest BCUT2D eigenvalue weighted by Gasteiger charge is -2.29. The molecule has 0 amide bonds. The van der Waals surface area contributed by atoms with Gasteiger partial charge in [0, 0.05) is 38.2 Å². The monoisotopic (exact) mass is 429 g/mol. The molecule has 4 aromatic rings. The fourth-order valence-corrected chi connectivity index (χ4v) is 3.97. The van der Waals surface area contributed by atoms with Crippen molar-refractivity contribution in [1.82, 2.24) is 20.4 Å². The van der Waals surface area contributed by atoms with Crippen molar-refractivity contribution in [1.29, 1.82) is 0 Å². The van der Waals surface area contributed by atoms with Crippen LogP contribution in [0.25, 0.3) is 22.4 Å². The van der Waals surface area contributed by atoms with Gasteiger partial charge in [0.2, 0.25) is 0 Å². The number of rotatable bonds is 6. The molecule has 0 aliphatic carbocycles. The highest BCUT2D eigenvalue weighted by Gasteiger charge is 2.24. The number of nitrogens with zero attached hydrogens (tertiary/aromatic N) is 4. The van der Waals surface area contributed by atoms with Crippen LogP contribution in [-0.4, -0.2) is 41.3 Å². The third-order valence-corrected chi connectivity index (χ3v) is 5.46. The molecule has 7 heteroatoms. The Morgan fingerprint density at radius 2 is 1.78 bits per heavy atom. The smallest absolute Gasteiger partial charge is 0.263 e. The molecule has 1 aliphatic rings. The van der Waals surface area contributed by atoms with Crippen LogP contribution < -0.4 is 15.0 Å². The van der Waals surface area contributed by atoms with Crippen molar-refractivity contribution < 1.29 is 9.26 Å². The number of aromatic nitrogens is 3. The first-order valence-corrected chi connectivity index (χ1v) is 11.1. The molecule has 3 heterocycles. The molecule has 0 bridgehead atoms. The number of hydrogen-bond acceptors (Lipinski definition) is 7. The van der Waals surface area contributed by atoms with Gasteiger partial charge in [-0.3, -0.25) is 0 Å². The van der Waals surface area contributed by atoms with Crippen LogP contribution in [0, 0.1) is 5.92 Å². The molecule has 1 N–H and O–H groups in total. The van der Waals surface area contributed by atoms with Gasteiger partial charge in [-0.25, -0.2) is 4.98 Å². The first-order chi connectivity index (χ1) is 15.7. The van der Waals surface area contributed by atoms with Crippen molar-refractivity contribution in [2.24, 2.45) is 5.92 Å². The molecule has 1 fully saturated rings. The maximum atomic E-state index is 6.03. The van der Waals surface area contributed by atoms with Crippen molar-refractivity contribution in [3.05, 3.63) is 60.4 Å². The van der Waals surface area contributed by atoms with E-state index >= 15 is 0 Å². The highest BCUT2D eigenvalue weighted by molar-refractivity contribution is 5.98. The normalized spacial score (nSPS) is 14.3. The highest BCUT2D eigenvalue weighted by atomic mass is 16.5. The summed E-state index contributed by atoms with van der Waals surface area (Å²) in [5, 5.41) is 8.68. The number of fused-ring (bicyclic) bond motifs is 1. The quantitative estimate of drug-likeness (QED) is 0.477. The van der Waals surface area contributed by atoms with Gasteiger partial charge in [-0.2, -0.15) is 4.98 Å². The predicted molar refractivity (Wildman–Crippen MR) is 125 cm³/mol. The maximum absolute atomic E-state index is 6.03. The molecule has 0 radical (unpaired) electrons. The second-order valence-corrected chi connectivity index (χ2v) is 8.45. The number of benzene rings is 2. The lowest BCUT2D eigenvalue weighted by Crippen LogP contribution is -2.44. The first-order valence-electron chi connectivity index (χ1n) is 11.1. The van der Waals surface area contributed by atoms with Gasteiger partial charge in [0.05, 0.1) is 0 Å². The molecule has 0 spiro atoms. The SMILES string of the molecule is CC(C)Cc1nc(N2CCNCC2)c2c(-c3cccc(Oc4ccccc4)c3)noc2n1. The number of para-hydroxylation sites is 1. The van der Waals surface area contributed by atoms with Gasteiger partial charge in [0.25, 0.3) is 5.71 Å². The zero-order valence-corrected chi connectivity index (χ0v) is 18.4. The lowest BCUT2D eigenvalue weighted by molar-refractivity contribution is 0.449. The van der Waals surface area contributed by atoms with E-state index in [0.717, 1.165) is 72.4 Å². The molecule has 32 heavy (non-hydrogen) atoms. The summed E-state index contributed by atoms with van der Waals surface area (Å²) in [6, 6.07) is 17.6. The van der Waals surface area contributed by atoms with Crippen LogP contribution in [0.2, 0.25) is 0 Å². The average molecular weight is 430 g/mol. The predicted octanol–water partition coefficient (Wildman–Crippen LogP) is 4.69. The summed E-state index contributed by atoms with van der Waals surface area (Å²) in [5.41, 5.74) is 2.19. The number of nitrogens with one attached hydrogen (secondary N) is 1. The Bertz CT molecular complexity index is 1200. The Morgan fingerprint density at radius 1 is 1.00 bits per heavy atom. The summed E-state index contributed by atoms with van der Waals surface area (Å²) in [7, 11) is 0. The zero-order chi connectivity index (χ0) is 21.9. The Balaban J connectivity index is 1.58. The first kappa shape index (κ1) is 20.5. The minimum absolute atomic E-state index is 0.456. The Kier molecular flexibility index (Phi) is 5.73. The van der Waals surface area contributed by atoms with Crippen molar-refractivity contribution in [3.63, 3.8) is 0 Å². The molecular formula is C25H27N5O2. The Labute approximate surface area is 187 Å². The second-order valence-electron chi connectivity index (χ2n) is 8.45. The summed E-state index contributed by atoms with van der Waals surface area (Å²) in [5.74, 6) is 3.68. The average Bonchev–Trinajstić information content (AvgIpc) is 3.24. The third-order valence-electron chi connectivity index (χ3n) is 5.46. The van der Waals surface area contributed by atoms with E-state index in [1.807, 2.05) is 54.6 Å². The molecule has 7 nitrogen and oxygen atoms in total. The summed E-state index contributed by atoms with van der Waals surface area (Å²) >= 11 is 0. The van der Waals surface area contributed by atoms with Crippen molar-refractivity contribution in [3.8, 4) is 22.8 Å². The standard InChI is InChI=1S/C25H27N5O2/c1-17(2)15-21-27-24(30-13-11-26-12-14-30)22-23(29-32-25(22)28-21)18-7-6-10-20(16-18)31-19-8-4-3-5-9-19/h3-10,16-17,26H,11-15H2,1-2H3. The van der Waals surface area contributed by atoms with Crippen LogP contribution in [0.3, 0.4) is 0 Å². The molecule has 0 saturated carbocycles. The molecule has 0 unspecified atom stereocenters. The molecule has 5 rings (SSSR count). The van der Waals surface area contributed by atoms with E-state index in [-0.39, 0.29) is 0 Å². The maximum Gasteiger partial charge on any atom is 0.263 e. The van der Waals surface area contributed by atoms with Gasteiger partial charge >= 0.3 is 0 Å². The molecule has 1 aliphatic heterocycles.